The van der Waals surface area contributed by atoms with Gasteiger partial charge in [0.05, 0.1) is 10.5 Å². The Labute approximate surface area is 167 Å². The van der Waals surface area contributed by atoms with Crippen LogP contribution in [0.3, 0.4) is 0 Å². The van der Waals surface area contributed by atoms with Crippen molar-refractivity contribution in [3.8, 4) is 11.4 Å². The van der Waals surface area contributed by atoms with Crippen LogP contribution in [-0.2, 0) is 21.4 Å². The van der Waals surface area contributed by atoms with E-state index in [9.17, 15) is 13.2 Å². The van der Waals surface area contributed by atoms with E-state index < -0.39 is 16.0 Å². The molecule has 1 aliphatic heterocycles. The van der Waals surface area contributed by atoms with Gasteiger partial charge in [-0.15, -0.1) is 0 Å². The fraction of sp³-hybridized carbons (Fsp3) is 0.263. The molecule has 29 heavy (non-hydrogen) atoms. The quantitative estimate of drug-likeness (QED) is 0.564. The number of carbonyl (C=O) groups is 1. The minimum absolute atomic E-state index is 0.0745. The molecule has 0 radical (unpaired) electrons. The molecule has 2 aromatic heterocycles. The first kappa shape index (κ1) is 19.2. The predicted molar refractivity (Wildman–Crippen MR) is 101 cm³/mol. The molecular formula is C19H18N4O5S. The van der Waals surface area contributed by atoms with E-state index in [4.69, 9.17) is 9.26 Å². The van der Waals surface area contributed by atoms with Gasteiger partial charge in [-0.3, -0.25) is 4.98 Å². The summed E-state index contributed by atoms with van der Waals surface area (Å²) in [6.07, 6.45) is 4.90. The number of esters is 1. The highest BCUT2D eigenvalue weighted by Crippen LogP contribution is 2.22. The van der Waals surface area contributed by atoms with Gasteiger partial charge in [-0.05, 0) is 43.2 Å². The van der Waals surface area contributed by atoms with E-state index in [1.807, 2.05) is 0 Å². The van der Waals surface area contributed by atoms with Crippen LogP contribution >= 0.6 is 0 Å². The van der Waals surface area contributed by atoms with Crippen LogP contribution in [-0.4, -0.2) is 46.9 Å². The average molecular weight is 414 g/mol. The van der Waals surface area contributed by atoms with E-state index in [0.717, 1.165) is 12.8 Å². The number of benzene rings is 1. The average Bonchev–Trinajstić information content (AvgIpc) is 3.45. The zero-order chi connectivity index (χ0) is 20.3. The number of pyridine rings is 1. The normalized spacial score (nSPS) is 14.8. The lowest BCUT2D eigenvalue weighted by atomic mass is 10.2. The number of aromatic nitrogens is 3. The van der Waals surface area contributed by atoms with Crippen LogP contribution < -0.4 is 0 Å². The molecule has 150 valence electrons. The Hall–Kier alpha value is -3.11. The maximum absolute atomic E-state index is 12.7. The first-order valence-corrected chi connectivity index (χ1v) is 10.5. The van der Waals surface area contributed by atoms with Crippen LogP contribution in [0.1, 0.15) is 29.1 Å². The van der Waals surface area contributed by atoms with Crippen LogP contribution in [0.5, 0.6) is 0 Å². The summed E-state index contributed by atoms with van der Waals surface area (Å²) in [5, 5.41) is 3.83. The summed E-state index contributed by atoms with van der Waals surface area (Å²) < 4.78 is 37.0. The highest BCUT2D eigenvalue weighted by Gasteiger charge is 2.27. The summed E-state index contributed by atoms with van der Waals surface area (Å²) in [5.41, 5.74) is 0.811. The zero-order valence-corrected chi connectivity index (χ0v) is 16.2. The van der Waals surface area contributed by atoms with Crippen molar-refractivity contribution in [3.05, 3.63) is 60.2 Å². The van der Waals surface area contributed by atoms with Gasteiger partial charge >= 0.3 is 5.97 Å². The largest absolute Gasteiger partial charge is 0.452 e. The minimum Gasteiger partial charge on any atom is -0.452 e. The lowest BCUT2D eigenvalue weighted by Gasteiger charge is -2.15. The highest BCUT2D eigenvalue weighted by atomic mass is 32.2. The first-order chi connectivity index (χ1) is 14.0. The summed E-state index contributed by atoms with van der Waals surface area (Å²) in [6, 6.07) is 9.34. The maximum Gasteiger partial charge on any atom is 0.338 e. The first-order valence-electron chi connectivity index (χ1n) is 9.04. The molecule has 0 saturated carbocycles. The Bertz CT molecular complexity index is 1110. The third kappa shape index (κ3) is 4.17. The number of hydrogen-bond acceptors (Lipinski definition) is 8. The Morgan fingerprint density at radius 2 is 2.00 bits per heavy atom. The van der Waals surface area contributed by atoms with Crippen LogP contribution in [0.15, 0.2) is 58.2 Å². The second-order valence-corrected chi connectivity index (χ2v) is 8.41. The molecule has 1 fully saturated rings. The lowest BCUT2D eigenvalue weighted by molar-refractivity contribution is 0.0429. The summed E-state index contributed by atoms with van der Waals surface area (Å²) >= 11 is 0. The van der Waals surface area contributed by atoms with Crippen molar-refractivity contribution >= 4 is 16.0 Å². The summed E-state index contributed by atoms with van der Waals surface area (Å²) in [7, 11) is -3.61. The molecule has 0 amide bonds. The molecule has 3 aromatic rings. The standard InChI is InChI=1S/C19H18N4O5S/c24-19(27-13-17-21-18(22-28-17)15-6-4-8-20-12-15)14-5-3-7-16(11-14)29(25,26)23-9-1-2-10-23/h3-8,11-12H,1-2,9-10,13H2. The molecule has 0 N–H and O–H groups in total. The Morgan fingerprint density at radius 3 is 2.76 bits per heavy atom. The summed E-state index contributed by atoms with van der Waals surface area (Å²) in [5.74, 6) is -0.217. The van der Waals surface area contributed by atoms with Gasteiger partial charge in [0.15, 0.2) is 6.61 Å². The maximum atomic E-state index is 12.7. The van der Waals surface area contributed by atoms with E-state index in [-0.39, 0.29) is 23.0 Å². The molecule has 1 aliphatic rings. The number of ether oxygens (including phenoxy) is 1. The van der Waals surface area contributed by atoms with E-state index in [1.165, 1.54) is 28.6 Å². The zero-order valence-electron chi connectivity index (χ0n) is 15.4. The molecule has 1 aromatic carbocycles. The van der Waals surface area contributed by atoms with Gasteiger partial charge in [0.25, 0.3) is 5.89 Å². The van der Waals surface area contributed by atoms with E-state index in [2.05, 4.69) is 15.1 Å². The van der Waals surface area contributed by atoms with Crippen molar-refractivity contribution in [1.29, 1.82) is 0 Å². The Morgan fingerprint density at radius 1 is 1.17 bits per heavy atom. The van der Waals surface area contributed by atoms with Gasteiger partial charge in [0.1, 0.15) is 0 Å². The predicted octanol–water partition coefficient (Wildman–Crippen LogP) is 2.27. The van der Waals surface area contributed by atoms with Gasteiger partial charge < -0.3 is 9.26 Å². The topological polar surface area (TPSA) is 115 Å². The number of rotatable bonds is 6. The third-order valence-electron chi connectivity index (χ3n) is 4.49. The summed E-state index contributed by atoms with van der Waals surface area (Å²) in [4.78, 5) is 20.6. The van der Waals surface area contributed by atoms with Crippen molar-refractivity contribution in [3.63, 3.8) is 0 Å². The van der Waals surface area contributed by atoms with Gasteiger partial charge in [0, 0.05) is 31.0 Å². The van der Waals surface area contributed by atoms with Crippen molar-refractivity contribution < 1.29 is 22.5 Å². The van der Waals surface area contributed by atoms with Crippen molar-refractivity contribution in [2.45, 2.75) is 24.3 Å². The van der Waals surface area contributed by atoms with Crippen molar-refractivity contribution in [2.24, 2.45) is 0 Å². The Kier molecular flexibility index (Phi) is 5.36. The Balaban J connectivity index is 1.44. The van der Waals surface area contributed by atoms with E-state index in [0.29, 0.717) is 24.5 Å². The second kappa shape index (κ2) is 8.10. The molecule has 3 heterocycles. The SMILES string of the molecule is O=C(OCc1nc(-c2cccnc2)no1)c1cccc(S(=O)(=O)N2CCCC2)c1. The van der Waals surface area contributed by atoms with Gasteiger partial charge in [-0.2, -0.15) is 9.29 Å². The molecule has 10 heteroatoms. The van der Waals surface area contributed by atoms with Gasteiger partial charge in [-0.1, -0.05) is 11.2 Å². The number of hydrogen-bond donors (Lipinski definition) is 0. The molecule has 0 atom stereocenters. The van der Waals surface area contributed by atoms with Crippen LogP contribution in [0.2, 0.25) is 0 Å². The van der Waals surface area contributed by atoms with E-state index in [1.54, 1.807) is 24.5 Å². The molecule has 9 nitrogen and oxygen atoms in total. The van der Waals surface area contributed by atoms with Crippen LogP contribution in [0, 0.1) is 0 Å². The van der Waals surface area contributed by atoms with Crippen LogP contribution in [0.25, 0.3) is 11.4 Å². The minimum atomic E-state index is -3.61. The second-order valence-electron chi connectivity index (χ2n) is 6.47. The summed E-state index contributed by atoms with van der Waals surface area (Å²) in [6.45, 7) is 0.760. The molecule has 0 unspecified atom stereocenters. The van der Waals surface area contributed by atoms with Crippen molar-refractivity contribution in [1.82, 2.24) is 19.4 Å². The smallest absolute Gasteiger partial charge is 0.338 e. The van der Waals surface area contributed by atoms with Gasteiger partial charge in [-0.25, -0.2) is 13.2 Å². The number of carbonyl (C=O) groups excluding carboxylic acids is 1. The molecule has 0 aliphatic carbocycles. The fourth-order valence-electron chi connectivity index (χ4n) is 3.00. The molecule has 0 bridgehead atoms. The number of nitrogens with zero attached hydrogens (tertiary/aromatic N) is 4. The lowest BCUT2D eigenvalue weighted by Crippen LogP contribution is -2.28. The van der Waals surface area contributed by atoms with E-state index >= 15 is 0 Å². The van der Waals surface area contributed by atoms with Gasteiger partial charge in [0.2, 0.25) is 15.8 Å². The third-order valence-corrected chi connectivity index (χ3v) is 6.38. The molecular weight excluding hydrogens is 396 g/mol. The fourth-order valence-corrected chi connectivity index (χ4v) is 4.56. The highest BCUT2D eigenvalue weighted by molar-refractivity contribution is 7.89. The van der Waals surface area contributed by atoms with Crippen LogP contribution in [0.4, 0.5) is 0 Å². The molecule has 0 spiro atoms. The molecule has 4 rings (SSSR count). The monoisotopic (exact) mass is 414 g/mol. The molecule has 1 saturated heterocycles. The van der Waals surface area contributed by atoms with Crippen molar-refractivity contribution in [2.75, 3.05) is 13.1 Å². The number of sulfonamides is 1.